The third-order valence-corrected chi connectivity index (χ3v) is 11.0. The van der Waals surface area contributed by atoms with E-state index in [2.05, 4.69) is 27.4 Å². The van der Waals surface area contributed by atoms with Crippen LogP contribution in [0.5, 0.6) is 11.5 Å². The molecule has 2 saturated heterocycles. The third-order valence-electron chi connectivity index (χ3n) is 11.0. The molecule has 4 aliphatic rings. The van der Waals surface area contributed by atoms with Gasteiger partial charge in [0.25, 0.3) is 5.91 Å². The average Bonchev–Trinajstić information content (AvgIpc) is 3.33. The van der Waals surface area contributed by atoms with Crippen molar-refractivity contribution in [3.05, 3.63) is 86.8 Å². The number of benzene rings is 3. The molecule has 13 heteroatoms. The highest BCUT2D eigenvalue weighted by Crippen LogP contribution is 2.49. The average molecular weight is 742 g/mol. The monoisotopic (exact) mass is 741 g/mol. The lowest BCUT2D eigenvalue weighted by Crippen LogP contribution is -2.60. The van der Waals surface area contributed by atoms with Gasteiger partial charge in [0, 0.05) is 29.4 Å². The number of aromatic hydroxyl groups is 1. The lowest BCUT2D eigenvalue weighted by atomic mass is 9.79. The van der Waals surface area contributed by atoms with E-state index < -0.39 is 71.3 Å². The zero-order chi connectivity index (χ0) is 39.2. The zero-order valence-electron chi connectivity index (χ0n) is 30.9. The summed E-state index contributed by atoms with van der Waals surface area (Å²) in [4.78, 5) is 56.1. The summed E-state index contributed by atoms with van der Waals surface area (Å²) < 4.78 is 23.1. The minimum atomic E-state index is -1.69. The molecule has 54 heavy (non-hydrogen) atoms. The van der Waals surface area contributed by atoms with Crippen LogP contribution in [0.15, 0.2) is 52.2 Å². The predicted molar refractivity (Wildman–Crippen MR) is 196 cm³/mol. The van der Waals surface area contributed by atoms with Crippen LogP contribution in [0.4, 0.5) is 0 Å². The molecule has 4 N–H and O–H groups in total. The van der Waals surface area contributed by atoms with Crippen molar-refractivity contribution in [2.45, 2.75) is 96.7 Å². The number of hydrogen-bond donors (Lipinski definition) is 4. The molecule has 8 rings (SSSR count). The van der Waals surface area contributed by atoms with E-state index >= 15 is 0 Å². The number of carbonyl (C=O) groups excluding carboxylic acids is 3. The summed E-state index contributed by atoms with van der Waals surface area (Å²) in [7, 11) is 0. The second kappa shape index (κ2) is 13.0. The van der Waals surface area contributed by atoms with Gasteiger partial charge in [-0.15, -0.1) is 0 Å². The molecule has 1 aromatic heterocycles. The van der Waals surface area contributed by atoms with E-state index in [1.807, 2.05) is 0 Å². The number of amides is 1. The number of phenolic OH excluding ortho intramolecular Hbond substituents is 1. The van der Waals surface area contributed by atoms with Gasteiger partial charge in [-0.05, 0) is 73.5 Å². The number of aliphatic hydroxyl groups is 3. The molecule has 3 aromatic carbocycles. The van der Waals surface area contributed by atoms with Crippen molar-refractivity contribution in [2.75, 3.05) is 6.61 Å². The Balaban J connectivity index is 0.000000846. The first-order valence-electron chi connectivity index (χ1n) is 18.0. The number of ether oxygens (including phenoxy) is 3. The number of aliphatic hydroxyl groups excluding tert-OH is 3. The number of phenols is 1. The first kappa shape index (κ1) is 37.2. The van der Waals surface area contributed by atoms with Gasteiger partial charge in [-0.25, -0.2) is 4.79 Å². The molecule has 6 unspecified atom stereocenters. The number of carbonyl (C=O) groups is 3. The van der Waals surface area contributed by atoms with Gasteiger partial charge in [0.05, 0.1) is 35.3 Å². The second-order valence-corrected chi connectivity index (χ2v) is 15.2. The van der Waals surface area contributed by atoms with Gasteiger partial charge in [-0.2, -0.15) is 0 Å². The number of hydrogen-bond acceptors (Lipinski definition) is 12. The molecule has 284 valence electrons. The lowest BCUT2D eigenvalue weighted by Gasteiger charge is -2.42. The van der Waals surface area contributed by atoms with Crippen molar-refractivity contribution < 1.29 is 53.4 Å². The number of ketones is 1. The largest absolute Gasteiger partial charge is 0.506 e. The molecule has 0 bridgehead atoms. The molecule has 4 aromatic rings. The summed E-state index contributed by atoms with van der Waals surface area (Å²) in [6.07, 6.45) is -2.40. The third kappa shape index (κ3) is 5.52. The maximum absolute atomic E-state index is 14.1. The van der Waals surface area contributed by atoms with Crippen molar-refractivity contribution >= 4 is 45.0 Å². The second-order valence-electron chi connectivity index (χ2n) is 15.2. The van der Waals surface area contributed by atoms with Gasteiger partial charge < -0.3 is 39.1 Å². The normalized spacial score (nSPS) is 27.3. The zero-order valence-corrected chi connectivity index (χ0v) is 30.9. The minimum absolute atomic E-state index is 0.00717. The fraction of sp³-hybridized carbons (Fsp3) is 0.415. The molecule has 13 nitrogen and oxygen atoms in total. The highest BCUT2D eigenvalue weighted by molar-refractivity contribution is 6.23. The molecule has 3 aliphatic heterocycles. The van der Waals surface area contributed by atoms with Crippen molar-refractivity contribution in [3.8, 4) is 11.5 Å². The Labute approximate surface area is 310 Å². The van der Waals surface area contributed by atoms with Crippen molar-refractivity contribution in [1.29, 1.82) is 0 Å². The predicted octanol–water partition coefficient (Wildman–Crippen LogP) is 4.57. The molecule has 0 radical (unpaired) electrons. The van der Waals surface area contributed by atoms with E-state index in [9.17, 15) is 39.6 Å². The molecule has 4 heterocycles. The van der Waals surface area contributed by atoms with Gasteiger partial charge in [0.15, 0.2) is 17.0 Å². The molecule has 2 fully saturated rings. The van der Waals surface area contributed by atoms with Gasteiger partial charge in [0.1, 0.15) is 23.2 Å². The first-order chi connectivity index (χ1) is 25.4. The van der Waals surface area contributed by atoms with Crippen LogP contribution in [0.3, 0.4) is 0 Å². The molecule has 0 spiro atoms. The molecule has 1 amide bonds. The summed E-state index contributed by atoms with van der Waals surface area (Å²) in [6.45, 7) is 14.6. The standard InChI is InChI=1S/C36H31NO12.C5H12/c1-14-24-19(7-5-16-9-17-12-36(4)37(35(3,13-38)34(45)49-36)33(44)27(17)31(43)26(16)24)30(42)32-25(14)29(41)20-10-18(6-8-22(20)48-32)47-23-11-21(39)28(40)15(2)46-23;1-4-5(2)3/h5-10,15,21,23,28,38-40,43H,1,11-13H2,2-4H3;5H,4H2,1-3H3. The van der Waals surface area contributed by atoms with Crippen LogP contribution in [0.25, 0.3) is 27.3 Å². The van der Waals surface area contributed by atoms with Gasteiger partial charge in [-0.3, -0.25) is 19.3 Å². The van der Waals surface area contributed by atoms with Gasteiger partial charge in [0.2, 0.25) is 17.5 Å². The van der Waals surface area contributed by atoms with Crippen molar-refractivity contribution in [3.63, 3.8) is 0 Å². The number of esters is 1. The highest BCUT2D eigenvalue weighted by atomic mass is 16.7. The van der Waals surface area contributed by atoms with Gasteiger partial charge >= 0.3 is 5.97 Å². The maximum atomic E-state index is 14.1. The fourth-order valence-electron chi connectivity index (χ4n) is 7.72. The van der Waals surface area contributed by atoms with Crippen LogP contribution in [0, 0.1) is 5.92 Å². The minimum Gasteiger partial charge on any atom is -0.506 e. The lowest BCUT2D eigenvalue weighted by molar-refractivity contribution is -0.216. The molecule has 1 aliphatic carbocycles. The Bertz CT molecular complexity index is 2330. The summed E-state index contributed by atoms with van der Waals surface area (Å²) >= 11 is 0. The number of rotatable bonds is 4. The molecular weight excluding hydrogens is 698 g/mol. The van der Waals surface area contributed by atoms with E-state index in [0.717, 1.165) is 10.8 Å². The molecular formula is C41H43NO12. The maximum Gasteiger partial charge on any atom is 0.336 e. The van der Waals surface area contributed by atoms with Gasteiger partial charge in [-0.1, -0.05) is 39.8 Å². The highest BCUT2D eigenvalue weighted by Gasteiger charge is 2.63. The van der Waals surface area contributed by atoms with Crippen LogP contribution in [0.1, 0.15) is 97.6 Å². The summed E-state index contributed by atoms with van der Waals surface area (Å²) in [5.41, 5.74) is -3.10. The number of nitrogens with zero attached hydrogens (tertiary/aromatic N) is 1. The van der Waals surface area contributed by atoms with Crippen LogP contribution < -0.4 is 10.2 Å². The van der Waals surface area contributed by atoms with Crippen LogP contribution in [-0.4, -0.2) is 85.5 Å². The summed E-state index contributed by atoms with van der Waals surface area (Å²) in [5, 5.41) is 42.7. The SMILES string of the molecule is C=C1c2c(oc3ccc(OC4CC(O)C(O)C(C)O4)cc3c2=O)C(=O)c2ccc3cc4c(c(O)c3c21)C(=O)N1C(C)(C4)OC(=O)C1(C)CO.CCC(C)C. The summed E-state index contributed by atoms with van der Waals surface area (Å²) in [6, 6.07) is 9.22. The van der Waals surface area contributed by atoms with E-state index in [4.69, 9.17) is 18.6 Å². The Morgan fingerprint density at radius 1 is 1.04 bits per heavy atom. The Morgan fingerprint density at radius 2 is 1.74 bits per heavy atom. The first-order valence-corrected chi connectivity index (χ1v) is 18.0. The van der Waals surface area contributed by atoms with E-state index in [1.165, 1.54) is 37.6 Å². The van der Waals surface area contributed by atoms with Crippen LogP contribution >= 0.6 is 0 Å². The molecule has 0 saturated carbocycles. The van der Waals surface area contributed by atoms with E-state index in [0.29, 0.717) is 10.9 Å². The van der Waals surface area contributed by atoms with E-state index in [1.54, 1.807) is 26.0 Å². The van der Waals surface area contributed by atoms with Crippen LogP contribution in [-0.2, 0) is 20.7 Å². The van der Waals surface area contributed by atoms with Crippen molar-refractivity contribution in [2.24, 2.45) is 5.92 Å². The summed E-state index contributed by atoms with van der Waals surface area (Å²) in [5.74, 6) is -1.75. The quantitative estimate of drug-likeness (QED) is 0.188. The Kier molecular flexibility index (Phi) is 9.00. The van der Waals surface area contributed by atoms with Crippen LogP contribution in [0.2, 0.25) is 0 Å². The Morgan fingerprint density at radius 3 is 2.39 bits per heavy atom. The smallest absolute Gasteiger partial charge is 0.336 e. The fourth-order valence-corrected chi connectivity index (χ4v) is 7.72. The van der Waals surface area contributed by atoms with Crippen molar-refractivity contribution in [1.82, 2.24) is 4.90 Å². The topological polar surface area (TPSA) is 193 Å². The Hall–Kier alpha value is -5.08. The molecule has 6 atom stereocenters. The van der Waals surface area contributed by atoms with E-state index in [-0.39, 0.29) is 68.5 Å². The number of fused-ring (bicyclic) bond motifs is 7.